The zero-order chi connectivity index (χ0) is 19.8. The molecule has 0 heterocycles. The number of anilines is 1. The fraction of sp³-hybridized carbons (Fsp3) is 0.364. The summed E-state index contributed by atoms with van der Waals surface area (Å²) in [6.07, 6.45) is 1.91. The number of rotatable bonds is 10. The highest BCUT2D eigenvalue weighted by molar-refractivity contribution is 5.94. The maximum absolute atomic E-state index is 12.1. The van der Waals surface area contributed by atoms with Gasteiger partial charge in [-0.2, -0.15) is 0 Å². The Kier molecular flexibility index (Phi) is 7.03. The van der Waals surface area contributed by atoms with Crippen LogP contribution in [0.1, 0.15) is 30.9 Å². The van der Waals surface area contributed by atoms with Crippen molar-refractivity contribution in [2.45, 2.75) is 32.9 Å². The number of amides is 2. The molecule has 3 rings (SSSR count). The molecule has 2 amide bonds. The van der Waals surface area contributed by atoms with Crippen LogP contribution >= 0.6 is 0 Å². The van der Waals surface area contributed by atoms with E-state index in [-0.39, 0.29) is 24.3 Å². The van der Waals surface area contributed by atoms with Crippen LogP contribution in [0.15, 0.2) is 48.5 Å². The van der Waals surface area contributed by atoms with Crippen molar-refractivity contribution in [2.75, 3.05) is 18.5 Å². The molecular weight excluding hydrogens is 356 g/mol. The monoisotopic (exact) mass is 382 g/mol. The Labute approximate surface area is 165 Å². The predicted octanol–water partition coefficient (Wildman–Crippen LogP) is 3.27. The van der Waals surface area contributed by atoms with Gasteiger partial charge in [0.05, 0.1) is 6.61 Å². The normalized spacial score (nSPS) is 13.0. The van der Waals surface area contributed by atoms with Gasteiger partial charge in [0, 0.05) is 30.8 Å². The van der Waals surface area contributed by atoms with Gasteiger partial charge in [0.25, 0.3) is 5.91 Å². The number of benzene rings is 2. The molecule has 0 aromatic heterocycles. The summed E-state index contributed by atoms with van der Waals surface area (Å²) in [6, 6.07) is 15.0. The van der Waals surface area contributed by atoms with Crippen LogP contribution in [0, 0.1) is 5.92 Å². The molecule has 0 saturated heterocycles. The van der Waals surface area contributed by atoms with E-state index in [4.69, 9.17) is 9.47 Å². The van der Waals surface area contributed by atoms with Crippen molar-refractivity contribution in [1.82, 2.24) is 5.32 Å². The molecule has 0 atom stereocenters. The third-order valence-corrected chi connectivity index (χ3v) is 4.48. The maximum Gasteiger partial charge on any atom is 0.258 e. The van der Waals surface area contributed by atoms with Crippen LogP contribution in [0.3, 0.4) is 0 Å². The fourth-order valence-corrected chi connectivity index (χ4v) is 2.73. The molecule has 0 spiro atoms. The highest BCUT2D eigenvalue weighted by Crippen LogP contribution is 2.30. The lowest BCUT2D eigenvalue weighted by atomic mass is 10.1. The second-order valence-electron chi connectivity index (χ2n) is 6.76. The van der Waals surface area contributed by atoms with E-state index >= 15 is 0 Å². The van der Waals surface area contributed by atoms with Crippen molar-refractivity contribution in [3.05, 3.63) is 59.7 Å². The molecule has 28 heavy (non-hydrogen) atoms. The number of hydrogen-bond acceptors (Lipinski definition) is 4. The van der Waals surface area contributed by atoms with Gasteiger partial charge in [0.1, 0.15) is 5.75 Å². The van der Waals surface area contributed by atoms with Crippen molar-refractivity contribution in [1.29, 1.82) is 0 Å². The van der Waals surface area contributed by atoms with Gasteiger partial charge in [-0.15, -0.1) is 0 Å². The molecule has 1 fully saturated rings. The molecule has 0 bridgehead atoms. The van der Waals surface area contributed by atoms with Crippen LogP contribution in [0.4, 0.5) is 5.69 Å². The topological polar surface area (TPSA) is 76.7 Å². The average molecular weight is 382 g/mol. The van der Waals surface area contributed by atoms with Crippen LogP contribution in [0.25, 0.3) is 0 Å². The van der Waals surface area contributed by atoms with E-state index in [2.05, 4.69) is 10.6 Å². The van der Waals surface area contributed by atoms with Gasteiger partial charge >= 0.3 is 0 Å². The van der Waals surface area contributed by atoms with Crippen molar-refractivity contribution < 1.29 is 19.1 Å². The van der Waals surface area contributed by atoms with E-state index < -0.39 is 0 Å². The maximum atomic E-state index is 12.1. The SMILES string of the molecule is CCOCc1ccccc1CNC(=O)COc1cccc(NC(=O)C2CC2)c1. The summed E-state index contributed by atoms with van der Waals surface area (Å²) in [5.41, 5.74) is 2.76. The number of nitrogens with one attached hydrogen (secondary N) is 2. The van der Waals surface area contributed by atoms with Gasteiger partial charge in [-0.05, 0) is 43.0 Å². The Morgan fingerprint density at radius 3 is 2.61 bits per heavy atom. The highest BCUT2D eigenvalue weighted by Gasteiger charge is 2.29. The van der Waals surface area contributed by atoms with Crippen molar-refractivity contribution in [3.63, 3.8) is 0 Å². The minimum Gasteiger partial charge on any atom is -0.484 e. The summed E-state index contributed by atoms with van der Waals surface area (Å²) < 4.78 is 11.0. The van der Waals surface area contributed by atoms with E-state index in [1.54, 1.807) is 18.2 Å². The molecule has 2 N–H and O–H groups in total. The molecule has 6 heteroatoms. The second-order valence-corrected chi connectivity index (χ2v) is 6.76. The highest BCUT2D eigenvalue weighted by atomic mass is 16.5. The molecule has 0 unspecified atom stereocenters. The number of ether oxygens (including phenoxy) is 2. The smallest absolute Gasteiger partial charge is 0.258 e. The molecule has 2 aromatic carbocycles. The Bertz CT molecular complexity index is 818. The summed E-state index contributed by atoms with van der Waals surface area (Å²) in [4.78, 5) is 24.0. The Balaban J connectivity index is 1.46. The molecule has 1 aliphatic rings. The van der Waals surface area contributed by atoms with E-state index in [9.17, 15) is 9.59 Å². The first-order valence-electron chi connectivity index (χ1n) is 9.60. The minimum absolute atomic E-state index is 0.0422. The van der Waals surface area contributed by atoms with E-state index in [1.807, 2.05) is 37.3 Å². The van der Waals surface area contributed by atoms with Crippen molar-refractivity contribution >= 4 is 17.5 Å². The first-order valence-corrected chi connectivity index (χ1v) is 9.60. The fourth-order valence-electron chi connectivity index (χ4n) is 2.73. The number of carbonyl (C=O) groups is 2. The standard InChI is InChI=1S/C22H26N2O4/c1-2-27-14-18-7-4-3-6-17(18)13-23-21(25)15-28-20-9-5-8-19(12-20)24-22(26)16-10-11-16/h3-9,12,16H,2,10-11,13-15H2,1H3,(H,23,25)(H,24,26). The van der Waals surface area contributed by atoms with Gasteiger partial charge in [0.2, 0.25) is 5.91 Å². The van der Waals surface area contributed by atoms with Crippen molar-refractivity contribution in [3.8, 4) is 5.75 Å². The molecule has 148 valence electrons. The summed E-state index contributed by atoms with van der Waals surface area (Å²) in [5.74, 6) is 0.515. The van der Waals surface area contributed by atoms with Gasteiger partial charge in [-0.25, -0.2) is 0 Å². The summed E-state index contributed by atoms with van der Waals surface area (Å²) in [6.45, 7) is 3.46. The van der Waals surface area contributed by atoms with E-state index in [1.165, 1.54) is 0 Å². The molecule has 2 aromatic rings. The Hall–Kier alpha value is -2.86. The number of hydrogen-bond donors (Lipinski definition) is 2. The van der Waals surface area contributed by atoms with Gasteiger partial charge in [-0.3, -0.25) is 9.59 Å². The Morgan fingerprint density at radius 1 is 1.07 bits per heavy atom. The largest absolute Gasteiger partial charge is 0.484 e. The third-order valence-electron chi connectivity index (χ3n) is 4.48. The zero-order valence-electron chi connectivity index (χ0n) is 16.1. The van der Waals surface area contributed by atoms with E-state index in [0.29, 0.717) is 31.2 Å². The molecule has 0 aliphatic heterocycles. The summed E-state index contributed by atoms with van der Waals surface area (Å²) in [5, 5.41) is 5.74. The number of carbonyl (C=O) groups excluding carboxylic acids is 2. The molecular formula is C22H26N2O4. The quantitative estimate of drug-likeness (QED) is 0.661. The average Bonchev–Trinajstić information content (AvgIpc) is 3.55. The van der Waals surface area contributed by atoms with Crippen LogP contribution in [0.2, 0.25) is 0 Å². The first-order chi connectivity index (χ1) is 13.7. The zero-order valence-corrected chi connectivity index (χ0v) is 16.1. The molecule has 1 aliphatic carbocycles. The Morgan fingerprint density at radius 2 is 1.86 bits per heavy atom. The molecule has 0 radical (unpaired) electrons. The lowest BCUT2D eigenvalue weighted by molar-refractivity contribution is -0.123. The lowest BCUT2D eigenvalue weighted by Gasteiger charge is -2.12. The lowest BCUT2D eigenvalue weighted by Crippen LogP contribution is -2.28. The minimum atomic E-state index is -0.210. The first kappa shape index (κ1) is 19.9. The van der Waals surface area contributed by atoms with Crippen LogP contribution in [-0.2, 0) is 27.5 Å². The molecule has 1 saturated carbocycles. The van der Waals surface area contributed by atoms with Crippen LogP contribution < -0.4 is 15.4 Å². The van der Waals surface area contributed by atoms with Crippen LogP contribution in [0.5, 0.6) is 5.75 Å². The van der Waals surface area contributed by atoms with Gasteiger partial charge in [-0.1, -0.05) is 30.3 Å². The predicted molar refractivity (Wildman–Crippen MR) is 107 cm³/mol. The second kappa shape index (κ2) is 9.90. The summed E-state index contributed by atoms with van der Waals surface area (Å²) >= 11 is 0. The van der Waals surface area contributed by atoms with Crippen molar-refractivity contribution in [2.24, 2.45) is 5.92 Å². The molecule has 6 nitrogen and oxygen atoms in total. The van der Waals surface area contributed by atoms with Crippen LogP contribution in [-0.4, -0.2) is 25.0 Å². The third kappa shape index (κ3) is 6.09. The van der Waals surface area contributed by atoms with Gasteiger partial charge in [0.15, 0.2) is 6.61 Å². The summed E-state index contributed by atoms with van der Waals surface area (Å²) in [7, 11) is 0. The van der Waals surface area contributed by atoms with E-state index in [0.717, 1.165) is 24.0 Å². The van der Waals surface area contributed by atoms with Gasteiger partial charge < -0.3 is 20.1 Å².